The number of carbonyl (C=O) groups excluding carboxylic acids is 1. The van der Waals surface area contributed by atoms with E-state index in [0.717, 1.165) is 10.0 Å². The number of benzene rings is 2. The Balaban J connectivity index is 2.19. The molecular weight excluding hydrogens is 334 g/mol. The Morgan fingerprint density at radius 3 is 2.43 bits per heavy atom. The SMILES string of the molecule is Cc1cccc(NC(=O)c2ccc(/C(N)=N/O)cc2)c1Br. The molecule has 108 valence electrons. The van der Waals surface area contributed by atoms with E-state index in [0.29, 0.717) is 16.8 Å². The van der Waals surface area contributed by atoms with Gasteiger partial charge >= 0.3 is 0 Å². The van der Waals surface area contributed by atoms with Crippen molar-refractivity contribution in [1.29, 1.82) is 0 Å². The van der Waals surface area contributed by atoms with Crippen LogP contribution in [0.15, 0.2) is 52.1 Å². The molecule has 2 rings (SSSR count). The summed E-state index contributed by atoms with van der Waals surface area (Å²) in [6, 6.07) is 12.1. The summed E-state index contributed by atoms with van der Waals surface area (Å²) in [5.41, 5.74) is 8.25. The average molecular weight is 348 g/mol. The molecule has 0 saturated heterocycles. The summed E-state index contributed by atoms with van der Waals surface area (Å²) in [5.74, 6) is -0.226. The molecule has 5 nitrogen and oxygen atoms in total. The number of anilines is 1. The van der Waals surface area contributed by atoms with Gasteiger partial charge in [0.2, 0.25) is 0 Å². The number of oxime groups is 1. The molecule has 0 aromatic heterocycles. The molecule has 0 fully saturated rings. The second kappa shape index (κ2) is 6.41. The number of nitrogens with zero attached hydrogens (tertiary/aromatic N) is 1. The van der Waals surface area contributed by atoms with Crippen LogP contribution in [0.5, 0.6) is 0 Å². The number of amidine groups is 1. The molecule has 0 saturated carbocycles. The van der Waals surface area contributed by atoms with Crippen molar-refractivity contribution in [2.24, 2.45) is 10.9 Å². The van der Waals surface area contributed by atoms with Gasteiger partial charge in [-0.15, -0.1) is 0 Å². The van der Waals surface area contributed by atoms with Crippen LogP contribution in [0.3, 0.4) is 0 Å². The lowest BCUT2D eigenvalue weighted by Crippen LogP contribution is -2.15. The van der Waals surface area contributed by atoms with E-state index in [4.69, 9.17) is 10.9 Å². The summed E-state index contributed by atoms with van der Waals surface area (Å²) in [5, 5.41) is 14.3. The molecule has 0 radical (unpaired) electrons. The lowest BCUT2D eigenvalue weighted by molar-refractivity contribution is 0.102. The number of carbonyl (C=O) groups is 1. The monoisotopic (exact) mass is 347 g/mol. The van der Waals surface area contributed by atoms with Gasteiger partial charge in [0, 0.05) is 15.6 Å². The van der Waals surface area contributed by atoms with Crippen LogP contribution in [0.4, 0.5) is 5.69 Å². The predicted molar refractivity (Wildman–Crippen MR) is 85.8 cm³/mol. The van der Waals surface area contributed by atoms with E-state index in [1.165, 1.54) is 0 Å². The van der Waals surface area contributed by atoms with Gasteiger partial charge in [-0.25, -0.2) is 0 Å². The minimum absolute atomic E-state index is 0.00314. The second-order valence-electron chi connectivity index (χ2n) is 4.45. The number of rotatable bonds is 3. The third kappa shape index (κ3) is 3.41. The second-order valence-corrected chi connectivity index (χ2v) is 5.25. The molecule has 0 unspecified atom stereocenters. The van der Waals surface area contributed by atoms with Gasteiger partial charge in [-0.3, -0.25) is 4.79 Å². The lowest BCUT2D eigenvalue weighted by atomic mass is 10.1. The maximum Gasteiger partial charge on any atom is 0.255 e. The molecule has 0 spiro atoms. The van der Waals surface area contributed by atoms with Crippen LogP contribution in [0.1, 0.15) is 21.5 Å². The van der Waals surface area contributed by atoms with E-state index in [1.54, 1.807) is 24.3 Å². The average Bonchev–Trinajstić information content (AvgIpc) is 2.51. The minimum atomic E-state index is -0.229. The number of nitrogens with one attached hydrogen (secondary N) is 1. The summed E-state index contributed by atoms with van der Waals surface area (Å²) < 4.78 is 0.853. The molecule has 2 aromatic rings. The number of hydrogen-bond acceptors (Lipinski definition) is 3. The molecule has 0 heterocycles. The number of amides is 1. The number of halogens is 1. The fraction of sp³-hybridized carbons (Fsp3) is 0.0667. The highest BCUT2D eigenvalue weighted by Crippen LogP contribution is 2.26. The van der Waals surface area contributed by atoms with Crippen molar-refractivity contribution in [1.82, 2.24) is 0 Å². The molecule has 2 aromatic carbocycles. The largest absolute Gasteiger partial charge is 0.409 e. The Hall–Kier alpha value is -2.34. The fourth-order valence-electron chi connectivity index (χ4n) is 1.79. The molecular formula is C15H14BrN3O2. The van der Waals surface area contributed by atoms with Gasteiger partial charge in [0.15, 0.2) is 5.84 Å². The van der Waals surface area contributed by atoms with Gasteiger partial charge in [-0.2, -0.15) is 0 Å². The van der Waals surface area contributed by atoms with Crippen molar-refractivity contribution < 1.29 is 10.0 Å². The highest BCUT2D eigenvalue weighted by Gasteiger charge is 2.10. The molecule has 4 N–H and O–H groups in total. The molecule has 21 heavy (non-hydrogen) atoms. The topological polar surface area (TPSA) is 87.7 Å². The van der Waals surface area contributed by atoms with Crippen LogP contribution >= 0.6 is 15.9 Å². The van der Waals surface area contributed by atoms with E-state index in [9.17, 15) is 4.79 Å². The molecule has 0 aliphatic carbocycles. The standard InChI is InChI=1S/C15H14BrN3O2/c1-9-3-2-4-12(13(9)16)18-15(20)11-7-5-10(6-8-11)14(17)19-21/h2-8,21H,1H3,(H2,17,19)(H,18,20). The Labute approximate surface area is 130 Å². The normalized spacial score (nSPS) is 11.2. The first-order valence-corrected chi connectivity index (χ1v) is 6.96. The first-order chi connectivity index (χ1) is 10.0. The van der Waals surface area contributed by atoms with E-state index < -0.39 is 0 Å². The Kier molecular flexibility index (Phi) is 4.59. The van der Waals surface area contributed by atoms with E-state index in [1.807, 2.05) is 25.1 Å². The number of aryl methyl sites for hydroxylation is 1. The Bertz CT molecular complexity index is 697. The third-order valence-corrected chi connectivity index (χ3v) is 4.04. The first kappa shape index (κ1) is 15.1. The summed E-state index contributed by atoms with van der Waals surface area (Å²) in [4.78, 5) is 12.2. The predicted octanol–water partition coefficient (Wildman–Crippen LogP) is 3.10. The van der Waals surface area contributed by atoms with Gasteiger partial charge in [-0.1, -0.05) is 29.4 Å². The summed E-state index contributed by atoms with van der Waals surface area (Å²) in [6.45, 7) is 1.95. The van der Waals surface area contributed by atoms with Gasteiger partial charge in [0.1, 0.15) is 0 Å². The zero-order valence-electron chi connectivity index (χ0n) is 11.3. The molecule has 0 aliphatic rings. The molecule has 1 amide bonds. The van der Waals surface area contributed by atoms with E-state index >= 15 is 0 Å². The summed E-state index contributed by atoms with van der Waals surface area (Å²) in [7, 11) is 0. The Morgan fingerprint density at radius 2 is 1.81 bits per heavy atom. The third-order valence-electron chi connectivity index (χ3n) is 2.99. The summed E-state index contributed by atoms with van der Waals surface area (Å²) >= 11 is 3.45. The molecule has 0 atom stereocenters. The van der Waals surface area contributed by atoms with Crippen molar-refractivity contribution >= 4 is 33.4 Å². The van der Waals surface area contributed by atoms with Crippen LogP contribution in [-0.2, 0) is 0 Å². The summed E-state index contributed by atoms with van der Waals surface area (Å²) in [6.07, 6.45) is 0. The van der Waals surface area contributed by atoms with Crippen LogP contribution in [0, 0.1) is 6.92 Å². The number of hydrogen-bond donors (Lipinski definition) is 3. The lowest BCUT2D eigenvalue weighted by Gasteiger charge is -2.09. The smallest absolute Gasteiger partial charge is 0.255 e. The highest BCUT2D eigenvalue weighted by molar-refractivity contribution is 9.10. The zero-order chi connectivity index (χ0) is 15.4. The van der Waals surface area contributed by atoms with Gasteiger partial charge < -0.3 is 16.3 Å². The number of nitrogens with two attached hydrogens (primary N) is 1. The maximum absolute atomic E-state index is 12.2. The van der Waals surface area contributed by atoms with Gasteiger partial charge in [0.05, 0.1) is 5.69 Å². The highest BCUT2D eigenvalue weighted by atomic mass is 79.9. The molecule has 6 heteroatoms. The molecule has 0 aliphatic heterocycles. The van der Waals surface area contributed by atoms with Crippen LogP contribution < -0.4 is 11.1 Å². The minimum Gasteiger partial charge on any atom is -0.409 e. The molecule has 0 bridgehead atoms. The maximum atomic E-state index is 12.2. The van der Waals surface area contributed by atoms with Crippen molar-refractivity contribution in [3.8, 4) is 0 Å². The fourth-order valence-corrected chi connectivity index (χ4v) is 2.15. The van der Waals surface area contributed by atoms with Crippen molar-refractivity contribution in [2.75, 3.05) is 5.32 Å². The van der Waals surface area contributed by atoms with E-state index in [2.05, 4.69) is 26.4 Å². The van der Waals surface area contributed by atoms with Gasteiger partial charge in [0.25, 0.3) is 5.91 Å². The zero-order valence-corrected chi connectivity index (χ0v) is 12.9. The van der Waals surface area contributed by atoms with Crippen LogP contribution in [-0.4, -0.2) is 17.0 Å². The quantitative estimate of drug-likeness (QED) is 0.345. The van der Waals surface area contributed by atoms with Crippen LogP contribution in [0.25, 0.3) is 0 Å². The van der Waals surface area contributed by atoms with Gasteiger partial charge in [-0.05, 0) is 46.6 Å². The van der Waals surface area contributed by atoms with Crippen LogP contribution in [0.2, 0.25) is 0 Å². The van der Waals surface area contributed by atoms with Crippen molar-refractivity contribution in [3.05, 3.63) is 63.6 Å². The van der Waals surface area contributed by atoms with Crippen molar-refractivity contribution in [2.45, 2.75) is 6.92 Å². The first-order valence-electron chi connectivity index (χ1n) is 6.17. The van der Waals surface area contributed by atoms with E-state index in [-0.39, 0.29) is 11.7 Å². The Morgan fingerprint density at radius 1 is 1.19 bits per heavy atom. The van der Waals surface area contributed by atoms with Crippen molar-refractivity contribution in [3.63, 3.8) is 0 Å².